The highest BCUT2D eigenvalue weighted by molar-refractivity contribution is 9.10. The van der Waals surface area contributed by atoms with E-state index in [2.05, 4.69) is 31.1 Å². The third-order valence-corrected chi connectivity index (χ3v) is 4.49. The van der Waals surface area contributed by atoms with E-state index >= 15 is 0 Å². The molecule has 1 N–H and O–H groups in total. The summed E-state index contributed by atoms with van der Waals surface area (Å²) in [5.74, 6) is 1.80. The minimum Gasteiger partial charge on any atom is -0.493 e. The molecule has 1 aromatic heterocycles. The van der Waals surface area contributed by atoms with Crippen LogP contribution in [-0.2, 0) is 0 Å². The Morgan fingerprint density at radius 3 is 2.70 bits per heavy atom. The van der Waals surface area contributed by atoms with Crippen LogP contribution in [0.1, 0.15) is 0 Å². The first-order valence-electron chi connectivity index (χ1n) is 6.91. The molecular formula is C16H13BrFN3OS. The molecule has 0 saturated carbocycles. The van der Waals surface area contributed by atoms with Gasteiger partial charge in [-0.1, -0.05) is 45.9 Å². The smallest absolute Gasteiger partial charge is 0.208 e. The second-order valence-electron chi connectivity index (χ2n) is 4.60. The highest BCUT2D eigenvalue weighted by atomic mass is 79.9. The number of thioether (sulfide) groups is 1. The maximum absolute atomic E-state index is 12.8. The average molecular weight is 394 g/mol. The number of halogens is 2. The molecule has 0 fully saturated rings. The lowest BCUT2D eigenvalue weighted by Gasteiger charge is -2.04. The molecule has 0 aliphatic rings. The summed E-state index contributed by atoms with van der Waals surface area (Å²) in [4.78, 5) is 4.46. The Morgan fingerprint density at radius 2 is 1.91 bits per heavy atom. The second-order valence-corrected chi connectivity index (χ2v) is 6.51. The number of aromatic amines is 1. The third kappa shape index (κ3) is 4.33. The number of aromatic nitrogens is 3. The zero-order valence-electron chi connectivity index (χ0n) is 12.0. The zero-order valence-corrected chi connectivity index (χ0v) is 14.4. The summed E-state index contributed by atoms with van der Waals surface area (Å²) in [7, 11) is 0. The molecule has 118 valence electrons. The Morgan fingerprint density at radius 1 is 1.13 bits per heavy atom. The van der Waals surface area contributed by atoms with Crippen LogP contribution in [0.5, 0.6) is 5.75 Å². The summed E-state index contributed by atoms with van der Waals surface area (Å²) in [5, 5.41) is 7.79. The van der Waals surface area contributed by atoms with Crippen LogP contribution >= 0.6 is 27.7 Å². The zero-order chi connectivity index (χ0) is 16.1. The predicted molar refractivity (Wildman–Crippen MR) is 92.1 cm³/mol. The molecule has 3 aromatic rings. The summed E-state index contributed by atoms with van der Waals surface area (Å²) >= 11 is 4.99. The van der Waals surface area contributed by atoms with E-state index in [-0.39, 0.29) is 5.82 Å². The lowest BCUT2D eigenvalue weighted by Crippen LogP contribution is -2.00. The average Bonchev–Trinajstić information content (AvgIpc) is 3.02. The van der Waals surface area contributed by atoms with Gasteiger partial charge in [0.2, 0.25) is 5.16 Å². The molecule has 7 heteroatoms. The van der Waals surface area contributed by atoms with Crippen molar-refractivity contribution in [2.75, 3.05) is 12.4 Å². The summed E-state index contributed by atoms with van der Waals surface area (Å²) in [5.41, 5.74) is 0.967. The number of hydrogen-bond donors (Lipinski definition) is 1. The molecule has 0 bridgehead atoms. The van der Waals surface area contributed by atoms with Crippen LogP contribution in [-0.4, -0.2) is 27.5 Å². The Balaban J connectivity index is 1.52. The van der Waals surface area contributed by atoms with Crippen LogP contribution in [0.2, 0.25) is 0 Å². The van der Waals surface area contributed by atoms with Crippen molar-refractivity contribution in [1.82, 2.24) is 15.2 Å². The van der Waals surface area contributed by atoms with Crippen LogP contribution in [0.3, 0.4) is 0 Å². The highest BCUT2D eigenvalue weighted by Gasteiger charge is 2.08. The number of nitrogens with one attached hydrogen (secondary N) is 1. The fourth-order valence-corrected chi connectivity index (χ4v) is 3.00. The number of nitrogens with zero attached hydrogens (tertiary/aromatic N) is 2. The van der Waals surface area contributed by atoms with E-state index in [1.54, 1.807) is 12.1 Å². The van der Waals surface area contributed by atoms with Gasteiger partial charge in [0, 0.05) is 15.8 Å². The molecule has 4 nitrogen and oxygen atoms in total. The monoisotopic (exact) mass is 393 g/mol. The van der Waals surface area contributed by atoms with Gasteiger partial charge in [-0.05, 0) is 30.3 Å². The van der Waals surface area contributed by atoms with E-state index < -0.39 is 0 Å². The molecule has 0 saturated heterocycles. The van der Waals surface area contributed by atoms with Gasteiger partial charge < -0.3 is 4.74 Å². The summed E-state index contributed by atoms with van der Waals surface area (Å²) in [6.07, 6.45) is 0. The van der Waals surface area contributed by atoms with Crippen molar-refractivity contribution in [3.63, 3.8) is 0 Å². The van der Waals surface area contributed by atoms with Crippen LogP contribution in [0.15, 0.2) is 58.2 Å². The van der Waals surface area contributed by atoms with Crippen molar-refractivity contribution < 1.29 is 9.13 Å². The van der Waals surface area contributed by atoms with E-state index in [4.69, 9.17) is 4.74 Å². The second kappa shape index (κ2) is 7.61. The number of H-pyrrole nitrogens is 1. The number of hydrogen-bond acceptors (Lipinski definition) is 4. The van der Waals surface area contributed by atoms with Crippen molar-refractivity contribution in [3.8, 4) is 17.1 Å². The van der Waals surface area contributed by atoms with Gasteiger partial charge in [-0.15, -0.1) is 5.10 Å². The van der Waals surface area contributed by atoms with Gasteiger partial charge >= 0.3 is 0 Å². The molecule has 23 heavy (non-hydrogen) atoms. The Labute approximate surface area is 145 Å². The van der Waals surface area contributed by atoms with Crippen molar-refractivity contribution in [3.05, 3.63) is 58.8 Å². The van der Waals surface area contributed by atoms with Gasteiger partial charge in [0.1, 0.15) is 11.6 Å². The first-order valence-corrected chi connectivity index (χ1v) is 8.69. The van der Waals surface area contributed by atoms with E-state index in [0.717, 1.165) is 15.9 Å². The molecule has 3 rings (SSSR count). The standard InChI is InChI=1S/C16H13BrFN3OS/c17-14-4-2-1-3-13(14)15-19-16(21-20-15)23-10-9-22-12-7-5-11(18)6-8-12/h1-8H,9-10H2,(H,19,20,21). The number of benzene rings is 2. The van der Waals surface area contributed by atoms with Crippen molar-refractivity contribution in [2.24, 2.45) is 0 Å². The lowest BCUT2D eigenvalue weighted by molar-refractivity contribution is 0.343. The van der Waals surface area contributed by atoms with E-state index in [1.165, 1.54) is 23.9 Å². The third-order valence-electron chi connectivity index (χ3n) is 2.99. The van der Waals surface area contributed by atoms with Gasteiger partial charge in [-0.2, -0.15) is 0 Å². The molecule has 0 amide bonds. The first-order chi connectivity index (χ1) is 11.2. The van der Waals surface area contributed by atoms with Crippen molar-refractivity contribution in [1.29, 1.82) is 0 Å². The lowest BCUT2D eigenvalue weighted by atomic mass is 10.2. The number of rotatable bonds is 6. The Kier molecular flexibility index (Phi) is 5.30. The molecule has 0 unspecified atom stereocenters. The maximum atomic E-state index is 12.8. The van der Waals surface area contributed by atoms with Crippen LogP contribution in [0.25, 0.3) is 11.4 Å². The Hall–Kier alpha value is -1.86. The van der Waals surface area contributed by atoms with E-state index in [9.17, 15) is 4.39 Å². The fourth-order valence-electron chi connectivity index (χ4n) is 1.91. The van der Waals surface area contributed by atoms with Gasteiger partial charge in [0.15, 0.2) is 5.82 Å². The van der Waals surface area contributed by atoms with Gasteiger partial charge in [-0.3, -0.25) is 5.10 Å². The van der Waals surface area contributed by atoms with Crippen LogP contribution < -0.4 is 4.74 Å². The SMILES string of the molecule is Fc1ccc(OCCSc2n[nH]c(-c3ccccc3Br)n2)cc1. The molecule has 0 radical (unpaired) electrons. The molecular weight excluding hydrogens is 381 g/mol. The van der Waals surface area contributed by atoms with Gasteiger partial charge in [-0.25, -0.2) is 9.37 Å². The minimum atomic E-state index is -0.271. The molecule has 0 aliphatic heterocycles. The molecule has 0 atom stereocenters. The highest BCUT2D eigenvalue weighted by Crippen LogP contribution is 2.26. The van der Waals surface area contributed by atoms with Gasteiger partial charge in [0.05, 0.1) is 6.61 Å². The normalized spacial score (nSPS) is 10.7. The summed E-state index contributed by atoms with van der Waals surface area (Å²) in [6, 6.07) is 13.8. The molecule has 1 heterocycles. The van der Waals surface area contributed by atoms with Crippen molar-refractivity contribution >= 4 is 27.7 Å². The van der Waals surface area contributed by atoms with E-state index in [1.807, 2.05) is 24.3 Å². The molecule has 0 aliphatic carbocycles. The van der Waals surface area contributed by atoms with Crippen molar-refractivity contribution in [2.45, 2.75) is 5.16 Å². The Bertz CT molecular complexity index is 779. The van der Waals surface area contributed by atoms with E-state index in [0.29, 0.717) is 23.3 Å². The summed E-state index contributed by atoms with van der Waals surface area (Å²) in [6.45, 7) is 0.495. The summed E-state index contributed by atoms with van der Waals surface area (Å²) < 4.78 is 19.3. The van der Waals surface area contributed by atoms with Crippen LogP contribution in [0.4, 0.5) is 4.39 Å². The minimum absolute atomic E-state index is 0.271. The maximum Gasteiger partial charge on any atom is 0.208 e. The predicted octanol–water partition coefficient (Wildman–Crippen LogP) is 4.54. The molecule has 2 aromatic carbocycles. The topological polar surface area (TPSA) is 50.8 Å². The first kappa shape index (κ1) is 16.0. The number of ether oxygens (including phenoxy) is 1. The molecule has 0 spiro atoms. The largest absolute Gasteiger partial charge is 0.493 e. The van der Waals surface area contributed by atoms with Crippen LogP contribution in [0, 0.1) is 5.82 Å². The quantitative estimate of drug-likeness (QED) is 0.493. The fraction of sp³-hybridized carbons (Fsp3) is 0.125. The van der Waals surface area contributed by atoms with Gasteiger partial charge in [0.25, 0.3) is 0 Å².